The van der Waals surface area contributed by atoms with Gasteiger partial charge in [0.2, 0.25) is 0 Å². The molecule has 0 amide bonds. The fourth-order valence-corrected chi connectivity index (χ4v) is 4.25. The Kier molecular flexibility index (Phi) is 3.21. The fraction of sp³-hybridized carbons (Fsp3) is 0.350. The first-order valence-corrected chi connectivity index (χ1v) is 8.40. The minimum absolute atomic E-state index is 0.0826. The van der Waals surface area contributed by atoms with Gasteiger partial charge in [-0.3, -0.25) is 4.79 Å². The van der Waals surface area contributed by atoms with E-state index in [1.807, 2.05) is 12.1 Å². The van der Waals surface area contributed by atoms with Crippen molar-refractivity contribution in [2.24, 2.45) is 0 Å². The van der Waals surface area contributed by atoms with Gasteiger partial charge in [0.15, 0.2) is 6.10 Å². The summed E-state index contributed by atoms with van der Waals surface area (Å²) in [6.45, 7) is 0.519. The predicted molar refractivity (Wildman–Crippen MR) is 86.5 cm³/mol. The number of esters is 1. The lowest BCUT2D eigenvalue weighted by atomic mass is 9.83. The largest absolute Gasteiger partial charge is 0.457 e. The quantitative estimate of drug-likeness (QED) is 0.757. The molecule has 0 aliphatic carbocycles. The van der Waals surface area contributed by atoms with Gasteiger partial charge in [-0.1, -0.05) is 54.6 Å². The molecule has 2 aromatic rings. The van der Waals surface area contributed by atoms with E-state index in [2.05, 4.69) is 42.5 Å². The van der Waals surface area contributed by atoms with Crippen molar-refractivity contribution < 1.29 is 19.0 Å². The van der Waals surface area contributed by atoms with Crippen LogP contribution in [-0.2, 0) is 25.6 Å². The van der Waals surface area contributed by atoms with E-state index in [-0.39, 0.29) is 36.3 Å². The van der Waals surface area contributed by atoms with Crippen LogP contribution in [0.4, 0.5) is 0 Å². The molecule has 0 N–H and O–H groups in total. The summed E-state index contributed by atoms with van der Waals surface area (Å²) in [5.74, 6) is -0.107. The molecule has 0 radical (unpaired) electrons. The fourth-order valence-electron chi connectivity index (χ4n) is 4.25. The summed E-state index contributed by atoms with van der Waals surface area (Å²) in [6.07, 6.45) is -0.519. The van der Waals surface area contributed by atoms with E-state index in [9.17, 15) is 4.79 Å². The first-order valence-electron chi connectivity index (χ1n) is 8.40. The molecule has 2 fully saturated rings. The highest BCUT2D eigenvalue weighted by molar-refractivity contribution is 5.73. The molecule has 5 rings (SSSR count). The summed E-state index contributed by atoms with van der Waals surface area (Å²) in [5.41, 5.74) is 3.62. The SMILES string of the molecule is O=C1C[C@H]2O[C@@H]3[C@@H](c4ccccc4)c4ccccc4CO[C@@H]3[C@H]2O1. The van der Waals surface area contributed by atoms with Crippen molar-refractivity contribution in [2.45, 2.75) is 43.4 Å². The Morgan fingerprint density at radius 2 is 1.67 bits per heavy atom. The van der Waals surface area contributed by atoms with Crippen molar-refractivity contribution in [2.75, 3.05) is 0 Å². The predicted octanol–water partition coefficient (Wildman–Crippen LogP) is 2.80. The molecule has 0 aromatic heterocycles. The maximum absolute atomic E-state index is 11.6. The number of hydrogen-bond donors (Lipinski definition) is 0. The van der Waals surface area contributed by atoms with Gasteiger partial charge >= 0.3 is 5.97 Å². The molecule has 3 aliphatic heterocycles. The zero-order valence-electron chi connectivity index (χ0n) is 13.1. The molecule has 4 nitrogen and oxygen atoms in total. The van der Waals surface area contributed by atoms with Crippen molar-refractivity contribution in [3.63, 3.8) is 0 Å². The standard InChI is InChI=1S/C20H18O4/c21-16-10-15-18(24-16)20-19(23-15)17(12-6-2-1-3-7-12)14-9-5-4-8-13(14)11-22-20/h1-9,15,17-20H,10-11H2/t15-,17+,18+,19-,20-/m1/s1. The summed E-state index contributed by atoms with van der Waals surface area (Å²) < 4.78 is 18.0. The van der Waals surface area contributed by atoms with E-state index in [1.165, 1.54) is 16.7 Å². The van der Waals surface area contributed by atoms with Gasteiger partial charge in [-0.25, -0.2) is 0 Å². The minimum Gasteiger partial charge on any atom is -0.457 e. The highest BCUT2D eigenvalue weighted by atomic mass is 16.6. The van der Waals surface area contributed by atoms with Crippen LogP contribution < -0.4 is 0 Å². The molecule has 4 heteroatoms. The first-order chi connectivity index (χ1) is 11.8. The van der Waals surface area contributed by atoms with E-state index in [4.69, 9.17) is 14.2 Å². The molecule has 0 bridgehead atoms. The second-order valence-electron chi connectivity index (χ2n) is 6.66. The van der Waals surface area contributed by atoms with Gasteiger partial charge in [0.25, 0.3) is 0 Å². The van der Waals surface area contributed by atoms with Gasteiger partial charge in [-0.05, 0) is 16.7 Å². The Balaban J connectivity index is 1.62. The first kappa shape index (κ1) is 14.2. The second kappa shape index (κ2) is 5.43. The zero-order chi connectivity index (χ0) is 16.1. The molecule has 24 heavy (non-hydrogen) atoms. The lowest BCUT2D eigenvalue weighted by Crippen LogP contribution is -2.36. The van der Waals surface area contributed by atoms with Crippen LogP contribution in [0, 0.1) is 0 Å². The normalized spacial score (nSPS) is 34.0. The lowest BCUT2D eigenvalue weighted by Gasteiger charge is -2.27. The number of carbonyl (C=O) groups excluding carboxylic acids is 1. The van der Waals surface area contributed by atoms with Crippen LogP contribution in [0.2, 0.25) is 0 Å². The molecule has 2 aromatic carbocycles. The molecule has 122 valence electrons. The number of ether oxygens (including phenoxy) is 3. The Morgan fingerprint density at radius 3 is 2.54 bits per heavy atom. The summed E-state index contributed by atoms with van der Waals surface area (Å²) in [5, 5.41) is 0. The Labute approximate surface area is 140 Å². The van der Waals surface area contributed by atoms with Gasteiger partial charge < -0.3 is 14.2 Å². The van der Waals surface area contributed by atoms with Crippen molar-refractivity contribution in [3.8, 4) is 0 Å². The van der Waals surface area contributed by atoms with Gasteiger partial charge in [-0.2, -0.15) is 0 Å². The van der Waals surface area contributed by atoms with Crippen molar-refractivity contribution in [1.82, 2.24) is 0 Å². The Bertz CT molecular complexity index is 772. The molecule has 0 spiro atoms. The van der Waals surface area contributed by atoms with E-state index in [0.29, 0.717) is 13.0 Å². The maximum atomic E-state index is 11.6. The van der Waals surface area contributed by atoms with Crippen LogP contribution >= 0.6 is 0 Å². The topological polar surface area (TPSA) is 44.8 Å². The van der Waals surface area contributed by atoms with Crippen molar-refractivity contribution in [3.05, 3.63) is 71.3 Å². The van der Waals surface area contributed by atoms with E-state index < -0.39 is 0 Å². The molecule has 0 saturated carbocycles. The molecule has 5 atom stereocenters. The summed E-state index contributed by atoms with van der Waals surface area (Å²) >= 11 is 0. The van der Waals surface area contributed by atoms with Crippen LogP contribution in [0.5, 0.6) is 0 Å². The molecule has 0 unspecified atom stereocenters. The van der Waals surface area contributed by atoms with Crippen LogP contribution in [0.15, 0.2) is 54.6 Å². The van der Waals surface area contributed by atoms with E-state index in [1.54, 1.807) is 0 Å². The third-order valence-electron chi connectivity index (χ3n) is 5.29. The lowest BCUT2D eigenvalue weighted by molar-refractivity contribution is -0.148. The number of benzene rings is 2. The Hall–Kier alpha value is -2.17. The Morgan fingerprint density at radius 1 is 0.875 bits per heavy atom. The average molecular weight is 322 g/mol. The van der Waals surface area contributed by atoms with E-state index in [0.717, 1.165) is 0 Å². The molecular formula is C20H18O4. The van der Waals surface area contributed by atoms with Crippen LogP contribution in [0.3, 0.4) is 0 Å². The number of hydrogen-bond acceptors (Lipinski definition) is 4. The van der Waals surface area contributed by atoms with Crippen molar-refractivity contribution in [1.29, 1.82) is 0 Å². The second-order valence-corrected chi connectivity index (χ2v) is 6.66. The number of carbonyl (C=O) groups is 1. The molecule has 3 heterocycles. The molecule has 3 aliphatic rings. The highest BCUT2D eigenvalue weighted by Crippen LogP contribution is 2.45. The van der Waals surface area contributed by atoms with Crippen LogP contribution in [-0.4, -0.2) is 30.4 Å². The summed E-state index contributed by atoms with van der Waals surface area (Å²) in [7, 11) is 0. The minimum atomic E-state index is -0.289. The van der Waals surface area contributed by atoms with Crippen LogP contribution in [0.1, 0.15) is 29.0 Å². The molecule has 2 saturated heterocycles. The van der Waals surface area contributed by atoms with Gasteiger partial charge in [0, 0.05) is 5.92 Å². The van der Waals surface area contributed by atoms with Gasteiger partial charge in [0.05, 0.1) is 19.1 Å². The number of rotatable bonds is 1. The maximum Gasteiger partial charge on any atom is 0.309 e. The monoisotopic (exact) mass is 322 g/mol. The smallest absolute Gasteiger partial charge is 0.309 e. The third kappa shape index (κ3) is 2.10. The zero-order valence-corrected chi connectivity index (χ0v) is 13.1. The van der Waals surface area contributed by atoms with Gasteiger partial charge in [-0.15, -0.1) is 0 Å². The third-order valence-corrected chi connectivity index (χ3v) is 5.29. The van der Waals surface area contributed by atoms with Gasteiger partial charge in [0.1, 0.15) is 12.2 Å². The number of fused-ring (bicyclic) bond motifs is 4. The highest BCUT2D eigenvalue weighted by Gasteiger charge is 2.55. The van der Waals surface area contributed by atoms with Crippen LogP contribution in [0.25, 0.3) is 0 Å². The van der Waals surface area contributed by atoms with E-state index >= 15 is 0 Å². The summed E-state index contributed by atoms with van der Waals surface area (Å²) in [4.78, 5) is 11.6. The molecular weight excluding hydrogens is 304 g/mol. The van der Waals surface area contributed by atoms with Crippen molar-refractivity contribution >= 4 is 5.97 Å². The summed E-state index contributed by atoms with van der Waals surface area (Å²) in [6, 6.07) is 18.7. The average Bonchev–Trinajstić information content (AvgIpc) is 3.06.